The molecule has 2 N–H and O–H groups in total. The van der Waals surface area contributed by atoms with Gasteiger partial charge in [-0.15, -0.1) is 0 Å². The fourth-order valence-corrected chi connectivity index (χ4v) is 3.35. The van der Waals surface area contributed by atoms with Crippen LogP contribution in [-0.2, 0) is 11.3 Å². The van der Waals surface area contributed by atoms with Gasteiger partial charge in [-0.3, -0.25) is 4.79 Å². The summed E-state index contributed by atoms with van der Waals surface area (Å²) < 4.78 is 1.09. The standard InChI is InChI=1S/C18H27BrN2O/c1-14(18(22)20-12-15-6-4-3-5-7-15)21(2)13-16-8-10-17(19)11-9-16/h8-11,14-15H,3-7,12-13H2,1-2H3,(H,20,22)/p+1/t14-/m1/s1. The molecule has 1 aromatic rings. The van der Waals surface area contributed by atoms with Crippen LogP contribution in [-0.4, -0.2) is 25.5 Å². The molecule has 3 nitrogen and oxygen atoms in total. The van der Waals surface area contributed by atoms with Gasteiger partial charge < -0.3 is 10.2 Å². The third-order valence-corrected chi connectivity index (χ3v) is 5.35. The molecule has 0 bridgehead atoms. The van der Waals surface area contributed by atoms with E-state index in [-0.39, 0.29) is 11.9 Å². The summed E-state index contributed by atoms with van der Waals surface area (Å²) in [6, 6.07) is 8.31. The van der Waals surface area contributed by atoms with Crippen LogP contribution in [0.3, 0.4) is 0 Å². The van der Waals surface area contributed by atoms with Gasteiger partial charge in [-0.2, -0.15) is 0 Å². The molecule has 1 fully saturated rings. The summed E-state index contributed by atoms with van der Waals surface area (Å²) in [5.41, 5.74) is 1.26. The molecule has 0 aromatic heterocycles. The molecule has 122 valence electrons. The predicted octanol–water partition coefficient (Wildman–Crippen LogP) is 2.55. The van der Waals surface area contributed by atoms with Crippen molar-refractivity contribution in [1.82, 2.24) is 5.32 Å². The number of halogens is 1. The molecule has 1 amide bonds. The number of likely N-dealkylation sites (N-methyl/N-ethyl adjacent to an activating group) is 1. The number of amides is 1. The first kappa shape index (κ1) is 17.5. The van der Waals surface area contributed by atoms with Gasteiger partial charge in [0.15, 0.2) is 6.04 Å². The molecule has 1 unspecified atom stereocenters. The Morgan fingerprint density at radius 3 is 2.55 bits per heavy atom. The molecule has 1 aliphatic rings. The third kappa shape index (κ3) is 5.40. The maximum absolute atomic E-state index is 12.3. The van der Waals surface area contributed by atoms with Crippen LogP contribution in [0.1, 0.15) is 44.6 Å². The Morgan fingerprint density at radius 2 is 1.91 bits per heavy atom. The Hall–Kier alpha value is -0.870. The first-order valence-electron chi connectivity index (χ1n) is 8.40. The fourth-order valence-electron chi connectivity index (χ4n) is 3.09. The van der Waals surface area contributed by atoms with E-state index in [2.05, 4.69) is 52.6 Å². The van der Waals surface area contributed by atoms with Crippen molar-refractivity contribution in [3.05, 3.63) is 34.3 Å². The number of nitrogens with one attached hydrogen (secondary N) is 2. The van der Waals surface area contributed by atoms with Crippen LogP contribution < -0.4 is 10.2 Å². The lowest BCUT2D eigenvalue weighted by Gasteiger charge is -2.24. The average molecular weight is 368 g/mol. The molecule has 0 saturated heterocycles. The number of benzene rings is 1. The summed E-state index contributed by atoms with van der Waals surface area (Å²) in [5.74, 6) is 0.872. The number of carbonyl (C=O) groups excluding carboxylic acids is 1. The van der Waals surface area contributed by atoms with Gasteiger partial charge in [0.1, 0.15) is 6.54 Å². The average Bonchev–Trinajstić information content (AvgIpc) is 2.55. The summed E-state index contributed by atoms with van der Waals surface area (Å²) in [5, 5.41) is 3.16. The van der Waals surface area contributed by atoms with Crippen molar-refractivity contribution in [3.63, 3.8) is 0 Å². The molecular weight excluding hydrogens is 340 g/mol. The van der Waals surface area contributed by atoms with Gasteiger partial charge in [-0.25, -0.2) is 0 Å². The van der Waals surface area contributed by atoms with E-state index >= 15 is 0 Å². The number of quaternary nitrogens is 1. The minimum Gasteiger partial charge on any atom is -0.351 e. The second-order valence-electron chi connectivity index (χ2n) is 6.62. The molecule has 1 aromatic carbocycles. The zero-order valence-corrected chi connectivity index (χ0v) is 15.3. The highest BCUT2D eigenvalue weighted by molar-refractivity contribution is 9.10. The van der Waals surface area contributed by atoms with E-state index in [9.17, 15) is 4.79 Å². The first-order chi connectivity index (χ1) is 10.6. The van der Waals surface area contributed by atoms with E-state index < -0.39 is 0 Å². The number of hydrogen-bond acceptors (Lipinski definition) is 1. The lowest BCUT2D eigenvalue weighted by molar-refractivity contribution is -0.908. The smallest absolute Gasteiger partial charge is 0.278 e. The van der Waals surface area contributed by atoms with Crippen LogP contribution in [0.15, 0.2) is 28.7 Å². The van der Waals surface area contributed by atoms with Gasteiger partial charge in [0.2, 0.25) is 0 Å². The van der Waals surface area contributed by atoms with Crippen molar-refractivity contribution in [1.29, 1.82) is 0 Å². The second-order valence-corrected chi connectivity index (χ2v) is 7.54. The van der Waals surface area contributed by atoms with E-state index in [1.807, 2.05) is 6.92 Å². The van der Waals surface area contributed by atoms with Crippen LogP contribution in [0.5, 0.6) is 0 Å². The summed E-state index contributed by atoms with van der Waals surface area (Å²) >= 11 is 3.45. The van der Waals surface area contributed by atoms with Crippen molar-refractivity contribution in [2.45, 2.75) is 51.6 Å². The van der Waals surface area contributed by atoms with Crippen molar-refractivity contribution < 1.29 is 9.69 Å². The van der Waals surface area contributed by atoms with Crippen LogP contribution >= 0.6 is 15.9 Å². The molecule has 0 spiro atoms. The third-order valence-electron chi connectivity index (χ3n) is 4.82. The Bertz CT molecular complexity index is 468. The second kappa shape index (κ2) is 8.68. The molecule has 0 heterocycles. The topological polar surface area (TPSA) is 33.5 Å². The Morgan fingerprint density at radius 1 is 1.27 bits per heavy atom. The zero-order chi connectivity index (χ0) is 15.9. The van der Waals surface area contributed by atoms with Gasteiger partial charge in [0, 0.05) is 16.6 Å². The van der Waals surface area contributed by atoms with Crippen molar-refractivity contribution in [2.75, 3.05) is 13.6 Å². The van der Waals surface area contributed by atoms with Gasteiger partial charge in [0.25, 0.3) is 5.91 Å². The van der Waals surface area contributed by atoms with E-state index in [1.165, 1.54) is 42.6 Å². The minimum atomic E-state index is -0.0211. The SMILES string of the molecule is C[C@H](C(=O)NCC1CCCCC1)[NH+](C)Cc1ccc(Br)cc1. The molecule has 4 heteroatoms. The van der Waals surface area contributed by atoms with Gasteiger partial charge in [0.05, 0.1) is 7.05 Å². The Labute approximate surface area is 142 Å². The highest BCUT2D eigenvalue weighted by atomic mass is 79.9. The van der Waals surface area contributed by atoms with Crippen molar-refractivity contribution in [3.8, 4) is 0 Å². The van der Waals surface area contributed by atoms with E-state index in [0.717, 1.165) is 17.6 Å². The molecule has 0 aliphatic heterocycles. The largest absolute Gasteiger partial charge is 0.351 e. The molecule has 1 saturated carbocycles. The van der Waals surface area contributed by atoms with E-state index in [1.54, 1.807) is 0 Å². The lowest BCUT2D eigenvalue weighted by Crippen LogP contribution is -3.12. The number of rotatable bonds is 6. The fraction of sp³-hybridized carbons (Fsp3) is 0.611. The molecule has 22 heavy (non-hydrogen) atoms. The van der Waals surface area contributed by atoms with Gasteiger partial charge in [-0.1, -0.05) is 47.3 Å². The lowest BCUT2D eigenvalue weighted by atomic mass is 9.89. The van der Waals surface area contributed by atoms with E-state index in [4.69, 9.17) is 0 Å². The van der Waals surface area contributed by atoms with Crippen LogP contribution in [0.2, 0.25) is 0 Å². The molecule has 0 radical (unpaired) electrons. The predicted molar refractivity (Wildman–Crippen MR) is 93.8 cm³/mol. The maximum Gasteiger partial charge on any atom is 0.278 e. The maximum atomic E-state index is 12.3. The Kier molecular flexibility index (Phi) is 6.90. The van der Waals surface area contributed by atoms with E-state index in [0.29, 0.717) is 5.92 Å². The quantitative estimate of drug-likeness (QED) is 0.795. The summed E-state index contributed by atoms with van der Waals surface area (Å²) in [6.07, 6.45) is 6.56. The molecule has 1 aliphatic carbocycles. The Balaban J connectivity index is 1.77. The highest BCUT2D eigenvalue weighted by Crippen LogP contribution is 2.22. The molecule has 2 rings (SSSR count). The number of hydrogen-bond donors (Lipinski definition) is 2. The number of carbonyl (C=O) groups is 1. The van der Waals surface area contributed by atoms with Crippen LogP contribution in [0.25, 0.3) is 0 Å². The van der Waals surface area contributed by atoms with Gasteiger partial charge >= 0.3 is 0 Å². The highest BCUT2D eigenvalue weighted by Gasteiger charge is 2.23. The summed E-state index contributed by atoms with van der Waals surface area (Å²) in [7, 11) is 2.09. The van der Waals surface area contributed by atoms with Crippen LogP contribution in [0, 0.1) is 5.92 Å². The molecule has 2 atom stereocenters. The van der Waals surface area contributed by atoms with Gasteiger partial charge in [-0.05, 0) is 37.8 Å². The zero-order valence-electron chi connectivity index (χ0n) is 13.7. The normalized spacial score (nSPS) is 18.7. The van der Waals surface area contributed by atoms with Crippen LogP contribution in [0.4, 0.5) is 0 Å². The summed E-state index contributed by atoms with van der Waals surface area (Å²) in [6.45, 7) is 3.74. The van der Waals surface area contributed by atoms with Crippen molar-refractivity contribution in [2.24, 2.45) is 5.92 Å². The summed E-state index contributed by atoms with van der Waals surface area (Å²) in [4.78, 5) is 13.6. The monoisotopic (exact) mass is 367 g/mol. The molecular formula is C18H28BrN2O+. The minimum absolute atomic E-state index is 0.0211. The van der Waals surface area contributed by atoms with Crippen molar-refractivity contribution >= 4 is 21.8 Å². The first-order valence-corrected chi connectivity index (χ1v) is 9.20.